The van der Waals surface area contributed by atoms with Gasteiger partial charge in [0.05, 0.1) is 10.6 Å². The van der Waals surface area contributed by atoms with Gasteiger partial charge in [0.1, 0.15) is 0 Å². The molecule has 6 nitrogen and oxygen atoms in total. The van der Waals surface area contributed by atoms with Gasteiger partial charge in [-0.25, -0.2) is 18.2 Å². The van der Waals surface area contributed by atoms with Gasteiger partial charge in [-0.05, 0) is 49.2 Å². The van der Waals surface area contributed by atoms with Crippen LogP contribution in [-0.2, 0) is 10.0 Å². The summed E-state index contributed by atoms with van der Waals surface area (Å²) in [5, 5.41) is 9.02. The molecule has 0 aliphatic rings. The number of benzene rings is 1. The lowest BCUT2D eigenvalue weighted by Gasteiger charge is -2.11. The fourth-order valence-electron chi connectivity index (χ4n) is 1.74. The van der Waals surface area contributed by atoms with Gasteiger partial charge in [-0.3, -0.25) is 4.72 Å². The molecule has 0 amide bonds. The van der Waals surface area contributed by atoms with E-state index in [1.54, 1.807) is 13.0 Å². The summed E-state index contributed by atoms with van der Waals surface area (Å²) < 4.78 is 26.9. The first-order valence-electron chi connectivity index (χ1n) is 6.09. The second-order valence-corrected chi connectivity index (χ2v) is 6.24. The van der Waals surface area contributed by atoms with E-state index in [-0.39, 0.29) is 16.3 Å². The van der Waals surface area contributed by atoms with Gasteiger partial charge >= 0.3 is 5.97 Å². The average molecular weight is 306 g/mol. The molecule has 1 aromatic carbocycles. The first kappa shape index (κ1) is 15.0. The number of hydrogen-bond donors (Lipinski definition) is 2. The van der Waals surface area contributed by atoms with Gasteiger partial charge in [-0.15, -0.1) is 0 Å². The van der Waals surface area contributed by atoms with E-state index in [1.807, 2.05) is 6.92 Å². The van der Waals surface area contributed by atoms with E-state index in [1.165, 1.54) is 30.5 Å². The van der Waals surface area contributed by atoms with Crippen LogP contribution in [0.15, 0.2) is 41.4 Å². The quantitative estimate of drug-likeness (QED) is 0.902. The van der Waals surface area contributed by atoms with Crippen LogP contribution in [0.4, 0.5) is 5.69 Å². The summed E-state index contributed by atoms with van der Waals surface area (Å²) in [4.78, 5) is 14.8. The molecule has 0 bridgehead atoms. The number of aromatic nitrogens is 1. The van der Waals surface area contributed by atoms with Crippen LogP contribution >= 0.6 is 0 Å². The van der Waals surface area contributed by atoms with E-state index in [0.717, 1.165) is 11.1 Å². The molecule has 7 heteroatoms. The van der Waals surface area contributed by atoms with Crippen molar-refractivity contribution in [1.82, 2.24) is 4.98 Å². The van der Waals surface area contributed by atoms with Crippen molar-refractivity contribution in [1.29, 1.82) is 0 Å². The molecule has 0 fully saturated rings. The summed E-state index contributed by atoms with van der Waals surface area (Å²) in [5.74, 6) is -1.30. The number of sulfonamides is 1. The third-order valence-electron chi connectivity index (χ3n) is 3.04. The number of aromatic carboxylic acids is 1. The normalized spacial score (nSPS) is 11.1. The Morgan fingerprint density at radius 2 is 1.90 bits per heavy atom. The van der Waals surface area contributed by atoms with Gasteiger partial charge < -0.3 is 5.11 Å². The second kappa shape index (κ2) is 5.53. The number of rotatable bonds is 4. The van der Waals surface area contributed by atoms with Crippen molar-refractivity contribution in [2.45, 2.75) is 18.7 Å². The lowest BCUT2D eigenvalue weighted by atomic mass is 10.1. The fraction of sp³-hybridized carbons (Fsp3) is 0.143. The third-order valence-corrected chi connectivity index (χ3v) is 4.41. The molecule has 2 N–H and O–H groups in total. The maximum Gasteiger partial charge on any atom is 0.356 e. The lowest BCUT2D eigenvalue weighted by molar-refractivity contribution is 0.0692. The summed E-state index contributed by atoms with van der Waals surface area (Å²) in [7, 11) is -3.86. The van der Waals surface area contributed by atoms with Crippen LogP contribution < -0.4 is 4.72 Å². The molecular formula is C14H14N2O4S. The minimum Gasteiger partial charge on any atom is -0.476 e. The van der Waals surface area contributed by atoms with E-state index in [0.29, 0.717) is 0 Å². The summed E-state index contributed by atoms with van der Waals surface area (Å²) in [6, 6.07) is 7.53. The Hall–Kier alpha value is -2.41. The Balaban J connectivity index is 2.42. The molecule has 110 valence electrons. The van der Waals surface area contributed by atoms with Crippen LogP contribution in [-0.4, -0.2) is 24.5 Å². The Morgan fingerprint density at radius 1 is 1.19 bits per heavy atom. The Bertz CT molecular complexity index is 800. The van der Waals surface area contributed by atoms with Crippen LogP contribution in [0.5, 0.6) is 0 Å². The Kier molecular flexibility index (Phi) is 3.95. The van der Waals surface area contributed by atoms with Crippen molar-refractivity contribution in [3.63, 3.8) is 0 Å². The van der Waals surface area contributed by atoms with Crippen molar-refractivity contribution < 1.29 is 18.3 Å². The van der Waals surface area contributed by atoms with Gasteiger partial charge in [0.25, 0.3) is 10.0 Å². The van der Waals surface area contributed by atoms with Crippen LogP contribution in [0.3, 0.4) is 0 Å². The van der Waals surface area contributed by atoms with Crippen LogP contribution in [0.2, 0.25) is 0 Å². The van der Waals surface area contributed by atoms with E-state index in [4.69, 9.17) is 5.11 Å². The van der Waals surface area contributed by atoms with Gasteiger partial charge in [-0.1, -0.05) is 6.07 Å². The molecule has 0 atom stereocenters. The molecule has 2 aromatic rings. The predicted octanol–water partition coefficient (Wildman–Crippen LogP) is 2.20. The molecule has 1 heterocycles. The van der Waals surface area contributed by atoms with E-state index < -0.39 is 16.0 Å². The lowest BCUT2D eigenvalue weighted by Crippen LogP contribution is -2.16. The van der Waals surface area contributed by atoms with Crippen LogP contribution in [0.25, 0.3) is 0 Å². The molecule has 0 aliphatic carbocycles. The molecular weight excluding hydrogens is 292 g/mol. The summed E-state index contributed by atoms with van der Waals surface area (Å²) in [5.41, 5.74) is 1.40. The SMILES string of the molecule is Cc1ccc(S(=O)(=O)Nc2cccnc2C(=O)O)cc1C. The van der Waals surface area contributed by atoms with E-state index in [2.05, 4.69) is 9.71 Å². The van der Waals surface area contributed by atoms with Crippen molar-refractivity contribution in [3.8, 4) is 0 Å². The molecule has 0 spiro atoms. The molecule has 0 radical (unpaired) electrons. The zero-order chi connectivity index (χ0) is 15.6. The smallest absolute Gasteiger partial charge is 0.356 e. The molecule has 1 aromatic heterocycles. The van der Waals surface area contributed by atoms with E-state index in [9.17, 15) is 13.2 Å². The number of carbonyl (C=O) groups is 1. The average Bonchev–Trinajstić information content (AvgIpc) is 2.41. The zero-order valence-corrected chi connectivity index (χ0v) is 12.3. The first-order valence-corrected chi connectivity index (χ1v) is 7.58. The highest BCUT2D eigenvalue weighted by Gasteiger charge is 2.19. The first-order chi connectivity index (χ1) is 9.81. The van der Waals surface area contributed by atoms with Gasteiger partial charge in [0.2, 0.25) is 0 Å². The highest BCUT2D eigenvalue weighted by atomic mass is 32.2. The highest BCUT2D eigenvalue weighted by Crippen LogP contribution is 2.20. The maximum absolute atomic E-state index is 12.3. The largest absolute Gasteiger partial charge is 0.476 e. The summed E-state index contributed by atoms with van der Waals surface area (Å²) in [6.45, 7) is 3.68. The second-order valence-electron chi connectivity index (χ2n) is 4.56. The number of aryl methyl sites for hydroxylation is 2. The summed E-state index contributed by atoms with van der Waals surface area (Å²) in [6.07, 6.45) is 1.29. The topological polar surface area (TPSA) is 96.4 Å². The van der Waals surface area contributed by atoms with Crippen molar-refractivity contribution in [2.75, 3.05) is 4.72 Å². The summed E-state index contributed by atoms with van der Waals surface area (Å²) >= 11 is 0. The molecule has 0 aliphatic heterocycles. The number of hydrogen-bond acceptors (Lipinski definition) is 4. The Labute approximate surface area is 122 Å². The molecule has 0 unspecified atom stereocenters. The maximum atomic E-state index is 12.3. The molecule has 2 rings (SSSR count). The Morgan fingerprint density at radius 3 is 2.52 bits per heavy atom. The van der Waals surface area contributed by atoms with Gasteiger partial charge in [0, 0.05) is 6.20 Å². The monoisotopic (exact) mass is 306 g/mol. The number of nitrogens with zero attached hydrogens (tertiary/aromatic N) is 1. The minimum atomic E-state index is -3.86. The van der Waals surface area contributed by atoms with Crippen molar-refractivity contribution in [3.05, 3.63) is 53.3 Å². The van der Waals surface area contributed by atoms with Gasteiger partial charge in [-0.2, -0.15) is 0 Å². The number of carboxylic acid groups (broad SMARTS) is 1. The van der Waals surface area contributed by atoms with Crippen LogP contribution in [0, 0.1) is 13.8 Å². The number of anilines is 1. The molecule has 0 saturated carbocycles. The minimum absolute atomic E-state index is 0.0665. The van der Waals surface area contributed by atoms with Crippen molar-refractivity contribution >= 4 is 21.7 Å². The standard InChI is InChI=1S/C14H14N2O4S/c1-9-5-6-11(8-10(9)2)21(19,20)16-12-4-3-7-15-13(12)14(17)18/h3-8,16H,1-2H3,(H,17,18). The number of carboxylic acids is 1. The van der Waals surface area contributed by atoms with E-state index >= 15 is 0 Å². The van der Waals surface area contributed by atoms with Gasteiger partial charge in [0.15, 0.2) is 5.69 Å². The van der Waals surface area contributed by atoms with Crippen molar-refractivity contribution in [2.24, 2.45) is 0 Å². The third kappa shape index (κ3) is 3.19. The zero-order valence-electron chi connectivity index (χ0n) is 11.5. The molecule has 0 saturated heterocycles. The predicted molar refractivity (Wildman–Crippen MR) is 77.9 cm³/mol. The number of nitrogens with one attached hydrogen (secondary N) is 1. The molecule has 21 heavy (non-hydrogen) atoms. The number of pyridine rings is 1. The highest BCUT2D eigenvalue weighted by molar-refractivity contribution is 7.92. The fourth-order valence-corrected chi connectivity index (χ4v) is 2.89. The van der Waals surface area contributed by atoms with Crippen LogP contribution in [0.1, 0.15) is 21.6 Å².